The van der Waals surface area contributed by atoms with E-state index in [1.807, 2.05) is 0 Å². The van der Waals surface area contributed by atoms with Crippen molar-refractivity contribution in [1.29, 1.82) is 0 Å². The summed E-state index contributed by atoms with van der Waals surface area (Å²) < 4.78 is 31.4. The first-order valence-corrected chi connectivity index (χ1v) is 6.26. The van der Waals surface area contributed by atoms with Crippen LogP contribution in [-0.4, -0.2) is 18.1 Å². The van der Waals surface area contributed by atoms with E-state index >= 15 is 0 Å². The van der Waals surface area contributed by atoms with Crippen molar-refractivity contribution in [2.75, 3.05) is 12.4 Å². The molecule has 0 spiro atoms. The van der Waals surface area contributed by atoms with Crippen molar-refractivity contribution in [3.05, 3.63) is 52.1 Å². The van der Waals surface area contributed by atoms with E-state index in [9.17, 15) is 13.6 Å². The van der Waals surface area contributed by atoms with Gasteiger partial charge >= 0.3 is 5.97 Å². The summed E-state index contributed by atoms with van der Waals surface area (Å²) in [4.78, 5) is 15.3. The second-order valence-electron chi connectivity index (χ2n) is 3.79. The minimum Gasteiger partial charge on any atom is -0.465 e. The Morgan fingerprint density at radius 2 is 2.05 bits per heavy atom. The molecule has 0 unspecified atom stereocenters. The Kier molecular flexibility index (Phi) is 4.29. The van der Waals surface area contributed by atoms with Gasteiger partial charge in [-0.3, -0.25) is 0 Å². The zero-order valence-corrected chi connectivity index (χ0v) is 11.9. The molecule has 0 radical (unpaired) electrons. The Balaban J connectivity index is 2.31. The van der Waals surface area contributed by atoms with E-state index in [1.165, 1.54) is 31.5 Å². The minimum atomic E-state index is -0.768. The molecule has 0 bridgehead atoms. The smallest absolute Gasteiger partial charge is 0.338 e. The number of nitrogens with one attached hydrogen (secondary N) is 1. The second kappa shape index (κ2) is 5.96. The highest BCUT2D eigenvalue weighted by Crippen LogP contribution is 2.26. The lowest BCUT2D eigenvalue weighted by atomic mass is 10.2. The predicted octanol–water partition coefficient (Wildman–Crippen LogP) is 3.65. The number of carbonyl (C=O) groups is 1. The van der Waals surface area contributed by atoms with Crippen LogP contribution in [0.4, 0.5) is 20.3 Å². The largest absolute Gasteiger partial charge is 0.465 e. The molecule has 2 rings (SSSR count). The number of hydrogen-bond donors (Lipinski definition) is 1. The second-order valence-corrected chi connectivity index (χ2v) is 4.65. The average molecular weight is 343 g/mol. The van der Waals surface area contributed by atoms with Crippen molar-refractivity contribution in [1.82, 2.24) is 4.98 Å². The highest BCUT2D eigenvalue weighted by Gasteiger charge is 2.11. The van der Waals surface area contributed by atoms with Gasteiger partial charge in [0.1, 0.15) is 17.5 Å². The fourth-order valence-electron chi connectivity index (χ4n) is 1.50. The number of halogens is 3. The van der Waals surface area contributed by atoms with Gasteiger partial charge in [0, 0.05) is 12.3 Å². The molecule has 0 amide bonds. The number of nitrogens with zero attached hydrogens (tertiary/aromatic N) is 1. The van der Waals surface area contributed by atoms with Crippen LogP contribution in [-0.2, 0) is 4.74 Å². The molecule has 20 heavy (non-hydrogen) atoms. The standard InChI is InChI=1S/C13H9BrF2N2O2/c1-20-13(19)7-2-3-17-12(4-7)18-11-5-8(14)9(15)6-10(11)16/h2-6H,1H3,(H,17,18). The van der Waals surface area contributed by atoms with Crippen LogP contribution in [0, 0.1) is 11.6 Å². The third kappa shape index (κ3) is 3.11. The third-order valence-electron chi connectivity index (χ3n) is 2.45. The van der Waals surface area contributed by atoms with E-state index in [1.54, 1.807) is 0 Å². The molecule has 0 saturated carbocycles. The maximum absolute atomic E-state index is 13.6. The van der Waals surface area contributed by atoms with E-state index in [2.05, 4.69) is 31.0 Å². The molecule has 0 aliphatic rings. The number of pyridine rings is 1. The molecule has 0 aliphatic heterocycles. The molecule has 7 heteroatoms. The first-order chi connectivity index (χ1) is 9.51. The van der Waals surface area contributed by atoms with Gasteiger partial charge in [0.15, 0.2) is 0 Å². The number of carbonyl (C=O) groups excluding carboxylic acids is 1. The summed E-state index contributed by atoms with van der Waals surface area (Å²) >= 11 is 2.97. The SMILES string of the molecule is COC(=O)c1ccnc(Nc2cc(Br)c(F)cc2F)c1. The zero-order valence-electron chi connectivity index (χ0n) is 10.3. The van der Waals surface area contributed by atoms with Crippen molar-refractivity contribution >= 4 is 33.4 Å². The van der Waals surface area contributed by atoms with Crippen LogP contribution in [0.2, 0.25) is 0 Å². The molecule has 0 fully saturated rings. The fourth-order valence-corrected chi connectivity index (χ4v) is 1.84. The molecule has 1 aromatic heterocycles. The van der Waals surface area contributed by atoms with Crippen LogP contribution < -0.4 is 5.32 Å². The Morgan fingerprint density at radius 3 is 2.75 bits per heavy atom. The van der Waals surface area contributed by atoms with Gasteiger partial charge in [-0.1, -0.05) is 0 Å². The quantitative estimate of drug-likeness (QED) is 0.683. The van der Waals surface area contributed by atoms with Crippen molar-refractivity contribution in [3.63, 3.8) is 0 Å². The topological polar surface area (TPSA) is 51.2 Å². The summed E-state index contributed by atoms with van der Waals surface area (Å²) in [5.41, 5.74) is 0.305. The van der Waals surface area contributed by atoms with Gasteiger partial charge in [-0.25, -0.2) is 18.6 Å². The van der Waals surface area contributed by atoms with Crippen LogP contribution in [0.3, 0.4) is 0 Å². The molecule has 0 atom stereocenters. The predicted molar refractivity (Wildman–Crippen MR) is 72.9 cm³/mol. The maximum atomic E-state index is 13.6. The lowest BCUT2D eigenvalue weighted by molar-refractivity contribution is 0.0600. The van der Waals surface area contributed by atoms with Gasteiger partial charge in [0.2, 0.25) is 0 Å². The normalized spacial score (nSPS) is 10.2. The van der Waals surface area contributed by atoms with E-state index in [4.69, 9.17) is 0 Å². The molecule has 1 aromatic carbocycles. The Bertz CT molecular complexity index is 665. The summed E-state index contributed by atoms with van der Waals surface area (Å²) in [6.07, 6.45) is 1.38. The number of benzene rings is 1. The van der Waals surface area contributed by atoms with Gasteiger partial charge in [-0.2, -0.15) is 0 Å². The summed E-state index contributed by atoms with van der Waals surface area (Å²) in [7, 11) is 1.26. The first-order valence-electron chi connectivity index (χ1n) is 5.47. The fraction of sp³-hybridized carbons (Fsp3) is 0.0769. The third-order valence-corrected chi connectivity index (χ3v) is 3.06. The summed E-state index contributed by atoms with van der Waals surface area (Å²) in [6.45, 7) is 0. The molecule has 1 N–H and O–H groups in total. The van der Waals surface area contributed by atoms with Crippen molar-refractivity contribution in [3.8, 4) is 0 Å². The molecule has 1 heterocycles. The number of anilines is 2. The van der Waals surface area contributed by atoms with E-state index < -0.39 is 17.6 Å². The van der Waals surface area contributed by atoms with E-state index in [0.717, 1.165) is 6.07 Å². The molecule has 0 saturated heterocycles. The number of rotatable bonds is 3. The number of ether oxygens (including phenoxy) is 1. The lowest BCUT2D eigenvalue weighted by Gasteiger charge is -2.08. The van der Waals surface area contributed by atoms with Crippen LogP contribution in [0.5, 0.6) is 0 Å². The summed E-state index contributed by atoms with van der Waals surface area (Å²) in [5, 5.41) is 2.67. The van der Waals surface area contributed by atoms with Gasteiger partial charge in [-0.15, -0.1) is 0 Å². The highest BCUT2D eigenvalue weighted by atomic mass is 79.9. The number of aromatic nitrogens is 1. The lowest BCUT2D eigenvalue weighted by Crippen LogP contribution is -2.03. The van der Waals surface area contributed by atoms with Gasteiger partial charge in [0.05, 0.1) is 22.8 Å². The molecule has 4 nitrogen and oxygen atoms in total. The molecular formula is C13H9BrF2N2O2. The Morgan fingerprint density at radius 1 is 1.30 bits per heavy atom. The van der Waals surface area contributed by atoms with Crippen LogP contribution in [0.25, 0.3) is 0 Å². The van der Waals surface area contributed by atoms with Gasteiger partial charge in [-0.05, 0) is 34.1 Å². The number of esters is 1. The van der Waals surface area contributed by atoms with Crippen LogP contribution in [0.15, 0.2) is 34.9 Å². The monoisotopic (exact) mass is 342 g/mol. The van der Waals surface area contributed by atoms with E-state index in [0.29, 0.717) is 0 Å². The van der Waals surface area contributed by atoms with E-state index in [-0.39, 0.29) is 21.5 Å². The Hall–Kier alpha value is -2.02. The average Bonchev–Trinajstić information content (AvgIpc) is 2.44. The van der Waals surface area contributed by atoms with Gasteiger partial charge in [0.25, 0.3) is 0 Å². The summed E-state index contributed by atoms with van der Waals surface area (Å²) in [6, 6.07) is 4.87. The van der Waals surface area contributed by atoms with Crippen molar-refractivity contribution in [2.45, 2.75) is 0 Å². The number of hydrogen-bond acceptors (Lipinski definition) is 4. The minimum absolute atomic E-state index is 0.0350. The Labute approximate surface area is 121 Å². The highest BCUT2D eigenvalue weighted by molar-refractivity contribution is 9.10. The van der Waals surface area contributed by atoms with Crippen molar-refractivity contribution < 1.29 is 18.3 Å². The van der Waals surface area contributed by atoms with Gasteiger partial charge < -0.3 is 10.1 Å². The zero-order chi connectivity index (χ0) is 14.7. The number of methoxy groups -OCH3 is 1. The summed E-state index contributed by atoms with van der Waals surface area (Å²) in [5.74, 6) is -1.76. The molecule has 0 aliphatic carbocycles. The van der Waals surface area contributed by atoms with Crippen molar-refractivity contribution in [2.24, 2.45) is 0 Å². The van der Waals surface area contributed by atoms with Crippen LogP contribution >= 0.6 is 15.9 Å². The molecule has 104 valence electrons. The maximum Gasteiger partial charge on any atom is 0.338 e. The molecular weight excluding hydrogens is 334 g/mol. The van der Waals surface area contributed by atoms with Crippen LogP contribution in [0.1, 0.15) is 10.4 Å². The molecule has 2 aromatic rings. The first kappa shape index (κ1) is 14.4.